The number of carbonyl (C=O) groups excluding carboxylic acids is 2. The lowest BCUT2D eigenvalue weighted by Gasteiger charge is -2.38. The van der Waals surface area contributed by atoms with Gasteiger partial charge in [-0.1, -0.05) is 13.3 Å². The molecule has 0 radical (unpaired) electrons. The second-order valence-corrected chi connectivity index (χ2v) is 7.99. The Hall–Kier alpha value is -2.97. The summed E-state index contributed by atoms with van der Waals surface area (Å²) in [6, 6.07) is 7.04. The third-order valence-electron chi connectivity index (χ3n) is 5.60. The molecule has 168 valence electrons. The highest BCUT2D eigenvalue weighted by Crippen LogP contribution is 2.23. The number of likely N-dealkylation sites (tertiary alicyclic amines) is 1. The molecule has 1 aromatic heterocycles. The van der Waals surface area contributed by atoms with Gasteiger partial charge in [0.1, 0.15) is 5.75 Å². The van der Waals surface area contributed by atoms with Gasteiger partial charge >= 0.3 is 5.97 Å². The number of aryl methyl sites for hydroxylation is 1. The molecule has 1 aromatic carbocycles. The molecule has 0 unspecified atom stereocenters. The van der Waals surface area contributed by atoms with E-state index in [-0.39, 0.29) is 31.2 Å². The lowest BCUT2D eigenvalue weighted by molar-refractivity contribution is -0.139. The Labute approximate surface area is 182 Å². The maximum absolute atomic E-state index is 12.6. The van der Waals surface area contributed by atoms with E-state index >= 15 is 0 Å². The SMILES string of the molecule is CCCCn1nnnc1COC(=O)c1ccc(OCC(=O)N2[C@H](C)CCC[C@H]2C)cc1. The molecule has 1 saturated heterocycles. The highest BCUT2D eigenvalue weighted by Gasteiger charge is 2.29. The third-order valence-corrected chi connectivity index (χ3v) is 5.60. The second kappa shape index (κ2) is 10.9. The lowest BCUT2D eigenvalue weighted by Crippen LogP contribution is -2.49. The van der Waals surface area contributed by atoms with Gasteiger partial charge < -0.3 is 14.4 Å². The first-order valence-electron chi connectivity index (χ1n) is 11.0. The number of rotatable bonds is 9. The van der Waals surface area contributed by atoms with Crippen LogP contribution < -0.4 is 4.74 Å². The Morgan fingerprint density at radius 1 is 1.13 bits per heavy atom. The van der Waals surface area contributed by atoms with E-state index in [0.29, 0.717) is 23.7 Å². The number of tetrazole rings is 1. The number of hydrogen-bond donors (Lipinski definition) is 0. The molecule has 3 rings (SSSR count). The molecule has 2 aromatic rings. The highest BCUT2D eigenvalue weighted by atomic mass is 16.5. The Morgan fingerprint density at radius 3 is 2.52 bits per heavy atom. The van der Waals surface area contributed by atoms with Gasteiger partial charge in [0.2, 0.25) is 0 Å². The summed E-state index contributed by atoms with van der Waals surface area (Å²) < 4.78 is 12.6. The zero-order valence-electron chi connectivity index (χ0n) is 18.5. The number of unbranched alkanes of at least 4 members (excludes halogenated alkanes) is 1. The van der Waals surface area contributed by atoms with Crippen LogP contribution in [0.2, 0.25) is 0 Å². The zero-order chi connectivity index (χ0) is 22.2. The van der Waals surface area contributed by atoms with Crippen LogP contribution in [-0.2, 0) is 22.7 Å². The maximum atomic E-state index is 12.6. The molecule has 1 aliphatic heterocycles. The second-order valence-electron chi connectivity index (χ2n) is 7.99. The Kier molecular flexibility index (Phi) is 7.97. The minimum absolute atomic E-state index is 0.00844. The molecule has 9 nitrogen and oxygen atoms in total. The fourth-order valence-corrected chi connectivity index (χ4v) is 3.84. The van der Waals surface area contributed by atoms with Crippen molar-refractivity contribution >= 4 is 11.9 Å². The number of aromatic nitrogens is 4. The zero-order valence-corrected chi connectivity index (χ0v) is 18.5. The molecule has 1 fully saturated rings. The summed E-state index contributed by atoms with van der Waals surface area (Å²) in [4.78, 5) is 26.8. The van der Waals surface area contributed by atoms with Gasteiger partial charge in [0.15, 0.2) is 19.0 Å². The van der Waals surface area contributed by atoms with Gasteiger partial charge in [-0.2, -0.15) is 0 Å². The van der Waals surface area contributed by atoms with Crippen molar-refractivity contribution in [2.75, 3.05) is 6.61 Å². The minimum Gasteiger partial charge on any atom is -0.484 e. The van der Waals surface area contributed by atoms with Crippen LogP contribution in [0.25, 0.3) is 0 Å². The summed E-state index contributed by atoms with van der Waals surface area (Å²) >= 11 is 0. The molecular formula is C22H31N5O4. The first-order valence-corrected chi connectivity index (χ1v) is 11.0. The van der Waals surface area contributed by atoms with Gasteiger partial charge in [0, 0.05) is 18.6 Å². The van der Waals surface area contributed by atoms with E-state index < -0.39 is 5.97 Å². The van der Waals surface area contributed by atoms with Crippen molar-refractivity contribution in [3.63, 3.8) is 0 Å². The van der Waals surface area contributed by atoms with E-state index in [0.717, 1.165) is 32.1 Å². The molecule has 0 saturated carbocycles. The van der Waals surface area contributed by atoms with Crippen LogP contribution in [0.15, 0.2) is 24.3 Å². The van der Waals surface area contributed by atoms with Gasteiger partial charge in [-0.3, -0.25) is 4.79 Å². The van der Waals surface area contributed by atoms with E-state index in [1.54, 1.807) is 28.9 Å². The molecule has 0 spiro atoms. The van der Waals surface area contributed by atoms with Crippen molar-refractivity contribution in [1.82, 2.24) is 25.1 Å². The summed E-state index contributed by atoms with van der Waals surface area (Å²) in [5.41, 5.74) is 0.393. The molecule has 0 bridgehead atoms. The molecule has 1 amide bonds. The Bertz CT molecular complexity index is 857. The predicted molar refractivity (Wildman–Crippen MR) is 113 cm³/mol. The summed E-state index contributed by atoms with van der Waals surface area (Å²) in [5.74, 6) is 0.569. The van der Waals surface area contributed by atoms with Crippen molar-refractivity contribution in [1.29, 1.82) is 0 Å². The summed E-state index contributed by atoms with van der Waals surface area (Å²) in [6.07, 6.45) is 5.18. The molecule has 0 aliphatic carbocycles. The topological polar surface area (TPSA) is 99.4 Å². The average Bonchev–Trinajstić information content (AvgIpc) is 3.22. The number of nitrogens with zero attached hydrogens (tertiary/aromatic N) is 5. The van der Waals surface area contributed by atoms with E-state index in [2.05, 4.69) is 36.3 Å². The number of piperidine rings is 1. The van der Waals surface area contributed by atoms with Crippen LogP contribution in [0.5, 0.6) is 5.75 Å². The highest BCUT2D eigenvalue weighted by molar-refractivity contribution is 5.89. The number of amides is 1. The normalized spacial score (nSPS) is 18.6. The molecule has 1 aliphatic rings. The first kappa shape index (κ1) is 22.7. The Balaban J connectivity index is 1.49. The third kappa shape index (κ3) is 6.02. The van der Waals surface area contributed by atoms with Crippen molar-refractivity contribution < 1.29 is 19.1 Å². The molecule has 2 heterocycles. The minimum atomic E-state index is -0.469. The van der Waals surface area contributed by atoms with Gasteiger partial charge in [-0.25, -0.2) is 9.48 Å². The van der Waals surface area contributed by atoms with Gasteiger partial charge in [0.25, 0.3) is 5.91 Å². The van der Waals surface area contributed by atoms with E-state index in [1.165, 1.54) is 0 Å². The van der Waals surface area contributed by atoms with E-state index in [1.807, 2.05) is 4.90 Å². The Morgan fingerprint density at radius 2 is 1.84 bits per heavy atom. The number of hydrogen-bond acceptors (Lipinski definition) is 7. The maximum Gasteiger partial charge on any atom is 0.338 e. The van der Waals surface area contributed by atoms with Crippen LogP contribution >= 0.6 is 0 Å². The van der Waals surface area contributed by atoms with Crippen LogP contribution in [0.1, 0.15) is 69.1 Å². The number of ether oxygens (including phenoxy) is 2. The number of carbonyl (C=O) groups is 2. The average molecular weight is 430 g/mol. The van der Waals surface area contributed by atoms with E-state index in [4.69, 9.17) is 9.47 Å². The molecule has 31 heavy (non-hydrogen) atoms. The molecular weight excluding hydrogens is 398 g/mol. The summed E-state index contributed by atoms with van der Waals surface area (Å²) in [6.45, 7) is 6.93. The quantitative estimate of drug-likeness (QED) is 0.565. The molecule has 9 heteroatoms. The molecule has 2 atom stereocenters. The fraction of sp³-hybridized carbons (Fsp3) is 0.591. The number of benzene rings is 1. The fourth-order valence-electron chi connectivity index (χ4n) is 3.84. The smallest absolute Gasteiger partial charge is 0.338 e. The van der Waals surface area contributed by atoms with Gasteiger partial charge in [-0.15, -0.1) is 5.10 Å². The summed E-state index contributed by atoms with van der Waals surface area (Å²) in [5, 5.41) is 11.5. The molecule has 0 N–H and O–H groups in total. The van der Waals surface area contributed by atoms with Crippen molar-refractivity contribution in [2.45, 2.75) is 78.1 Å². The largest absolute Gasteiger partial charge is 0.484 e. The standard InChI is InChI=1S/C22H31N5O4/c1-4-5-13-26-20(23-24-25-26)14-31-22(29)18-9-11-19(12-10-18)30-15-21(28)27-16(2)7-6-8-17(27)3/h9-12,16-17H,4-8,13-15H2,1-3H3/t16-,17-/m1/s1. The first-order chi connectivity index (χ1) is 15.0. The van der Waals surface area contributed by atoms with Crippen LogP contribution in [0.4, 0.5) is 0 Å². The van der Waals surface area contributed by atoms with E-state index in [9.17, 15) is 9.59 Å². The van der Waals surface area contributed by atoms with Crippen molar-refractivity contribution in [3.05, 3.63) is 35.7 Å². The lowest BCUT2D eigenvalue weighted by atomic mass is 9.97. The van der Waals surface area contributed by atoms with Crippen molar-refractivity contribution in [3.8, 4) is 5.75 Å². The van der Waals surface area contributed by atoms with Crippen LogP contribution in [0.3, 0.4) is 0 Å². The monoisotopic (exact) mass is 429 g/mol. The summed E-state index contributed by atoms with van der Waals surface area (Å²) in [7, 11) is 0. The van der Waals surface area contributed by atoms with Crippen molar-refractivity contribution in [2.24, 2.45) is 0 Å². The van der Waals surface area contributed by atoms with Gasteiger partial charge in [-0.05, 0) is 74.2 Å². The van der Waals surface area contributed by atoms with Crippen LogP contribution in [0, 0.1) is 0 Å². The van der Waals surface area contributed by atoms with Gasteiger partial charge in [0.05, 0.1) is 5.56 Å². The number of esters is 1. The van der Waals surface area contributed by atoms with Crippen LogP contribution in [-0.4, -0.2) is 55.7 Å². The predicted octanol–water partition coefficient (Wildman–Crippen LogP) is 3.00.